The first kappa shape index (κ1) is 25.0. The van der Waals surface area contributed by atoms with Crippen LogP contribution in [0.25, 0.3) is 0 Å². The summed E-state index contributed by atoms with van der Waals surface area (Å²) in [4.78, 5) is 17.2. The van der Waals surface area contributed by atoms with E-state index in [9.17, 15) is 4.79 Å². The molecular formula is C27H27Cl3N2O2. The van der Waals surface area contributed by atoms with Gasteiger partial charge in [0.15, 0.2) is 0 Å². The van der Waals surface area contributed by atoms with Crippen molar-refractivity contribution in [3.8, 4) is 0 Å². The fraction of sp³-hybridized carbons (Fsp3) is 0.296. The summed E-state index contributed by atoms with van der Waals surface area (Å²) >= 11 is 18.6. The maximum absolute atomic E-state index is 13.0. The molecule has 0 radical (unpaired) electrons. The van der Waals surface area contributed by atoms with Crippen molar-refractivity contribution in [3.63, 3.8) is 0 Å². The molecule has 0 spiro atoms. The molecule has 1 saturated heterocycles. The molecule has 0 N–H and O–H groups in total. The van der Waals surface area contributed by atoms with Gasteiger partial charge in [0, 0.05) is 37.7 Å². The van der Waals surface area contributed by atoms with Crippen LogP contribution in [0.2, 0.25) is 15.1 Å². The predicted molar refractivity (Wildman–Crippen MR) is 139 cm³/mol. The van der Waals surface area contributed by atoms with E-state index >= 15 is 0 Å². The summed E-state index contributed by atoms with van der Waals surface area (Å²) in [6, 6.07) is 21.3. The highest BCUT2D eigenvalue weighted by Gasteiger charge is 2.27. The van der Waals surface area contributed by atoms with Crippen LogP contribution >= 0.6 is 34.8 Å². The number of nitrogens with zero attached hydrogens (tertiary/aromatic N) is 2. The summed E-state index contributed by atoms with van der Waals surface area (Å²) in [7, 11) is 0. The topological polar surface area (TPSA) is 32.8 Å². The highest BCUT2D eigenvalue weighted by atomic mass is 35.5. The van der Waals surface area contributed by atoms with Gasteiger partial charge in [-0.3, -0.25) is 9.69 Å². The van der Waals surface area contributed by atoms with Crippen LogP contribution in [-0.2, 0) is 11.3 Å². The molecule has 7 heteroatoms. The zero-order valence-electron chi connectivity index (χ0n) is 19.0. The van der Waals surface area contributed by atoms with E-state index in [1.165, 1.54) is 5.56 Å². The molecule has 178 valence electrons. The summed E-state index contributed by atoms with van der Waals surface area (Å²) in [6.45, 7) is 6.02. The lowest BCUT2D eigenvalue weighted by Crippen LogP contribution is -2.49. The summed E-state index contributed by atoms with van der Waals surface area (Å²) < 4.78 is 6.39. The number of carbonyl (C=O) groups is 1. The standard InChI is InChI=1S/C27H27Cl3N2O2/c1-19-4-2-5-20(16-19)18-34-25(21-8-10-22(28)11-9-21)17-31-12-14-32(15-13-31)27(33)26-23(29)6-3-7-24(26)30/h2-11,16,25H,12-15,17-18H2,1H3/t25-/m0/s1. The first-order valence-electron chi connectivity index (χ1n) is 11.3. The number of rotatable bonds is 7. The van der Waals surface area contributed by atoms with E-state index in [0.717, 1.165) is 30.8 Å². The third kappa shape index (κ3) is 6.32. The molecule has 1 atom stereocenters. The van der Waals surface area contributed by atoms with E-state index in [1.54, 1.807) is 18.2 Å². The highest BCUT2D eigenvalue weighted by Crippen LogP contribution is 2.27. The van der Waals surface area contributed by atoms with Crippen molar-refractivity contribution in [1.29, 1.82) is 0 Å². The van der Waals surface area contributed by atoms with Crippen LogP contribution in [0.15, 0.2) is 66.7 Å². The van der Waals surface area contributed by atoms with E-state index in [-0.39, 0.29) is 12.0 Å². The van der Waals surface area contributed by atoms with Gasteiger partial charge < -0.3 is 9.64 Å². The average molecular weight is 518 g/mol. The molecule has 1 aliphatic heterocycles. The van der Waals surface area contributed by atoms with Crippen molar-refractivity contribution in [2.75, 3.05) is 32.7 Å². The largest absolute Gasteiger partial charge is 0.368 e. The number of halogens is 3. The third-order valence-corrected chi connectivity index (χ3v) is 6.92. The van der Waals surface area contributed by atoms with Gasteiger partial charge in [-0.2, -0.15) is 0 Å². The van der Waals surface area contributed by atoms with Crippen molar-refractivity contribution in [3.05, 3.63) is 104 Å². The first-order valence-corrected chi connectivity index (χ1v) is 12.4. The molecule has 3 aromatic rings. The normalized spacial score (nSPS) is 15.4. The Morgan fingerprint density at radius 3 is 2.21 bits per heavy atom. The Morgan fingerprint density at radius 1 is 0.912 bits per heavy atom. The predicted octanol–water partition coefficient (Wildman–Crippen LogP) is 6.67. The van der Waals surface area contributed by atoms with Crippen LogP contribution < -0.4 is 0 Å². The number of carbonyl (C=O) groups excluding carboxylic acids is 1. The number of amides is 1. The molecule has 4 nitrogen and oxygen atoms in total. The van der Waals surface area contributed by atoms with Gasteiger partial charge in [0.25, 0.3) is 5.91 Å². The maximum atomic E-state index is 13.0. The van der Waals surface area contributed by atoms with Crippen LogP contribution in [-0.4, -0.2) is 48.4 Å². The smallest absolute Gasteiger partial charge is 0.256 e. The number of hydrogen-bond acceptors (Lipinski definition) is 3. The number of benzene rings is 3. The van der Waals surface area contributed by atoms with Crippen molar-refractivity contribution >= 4 is 40.7 Å². The van der Waals surface area contributed by atoms with Gasteiger partial charge in [0.2, 0.25) is 0 Å². The summed E-state index contributed by atoms with van der Waals surface area (Å²) in [5.74, 6) is -0.125. The lowest BCUT2D eigenvalue weighted by atomic mass is 10.1. The van der Waals surface area contributed by atoms with Gasteiger partial charge in [-0.15, -0.1) is 0 Å². The molecule has 3 aromatic carbocycles. The average Bonchev–Trinajstić information content (AvgIpc) is 2.82. The molecule has 1 heterocycles. The minimum absolute atomic E-state index is 0.113. The molecule has 4 rings (SSSR count). The lowest BCUT2D eigenvalue weighted by molar-refractivity contribution is 0.00342. The third-order valence-electron chi connectivity index (χ3n) is 6.04. The number of aryl methyl sites for hydroxylation is 1. The Hall–Kier alpha value is -2.08. The first-order chi connectivity index (χ1) is 16.4. The zero-order valence-corrected chi connectivity index (χ0v) is 21.3. The highest BCUT2D eigenvalue weighted by molar-refractivity contribution is 6.39. The number of ether oxygens (including phenoxy) is 1. The molecule has 0 aliphatic carbocycles. The van der Waals surface area contributed by atoms with Gasteiger partial charge in [0.1, 0.15) is 0 Å². The lowest BCUT2D eigenvalue weighted by Gasteiger charge is -2.36. The van der Waals surface area contributed by atoms with Crippen molar-refractivity contribution in [2.24, 2.45) is 0 Å². The molecule has 0 bridgehead atoms. The van der Waals surface area contributed by atoms with Gasteiger partial charge in [0.05, 0.1) is 28.3 Å². The zero-order chi connectivity index (χ0) is 24.1. The van der Waals surface area contributed by atoms with Gasteiger partial charge in [-0.05, 0) is 42.3 Å². The monoisotopic (exact) mass is 516 g/mol. The van der Waals surface area contributed by atoms with E-state index in [2.05, 4.69) is 30.0 Å². The summed E-state index contributed by atoms with van der Waals surface area (Å²) in [5, 5.41) is 1.46. The van der Waals surface area contributed by atoms with E-state index in [1.807, 2.05) is 35.2 Å². The van der Waals surface area contributed by atoms with Gasteiger partial charge in [-0.1, -0.05) is 82.8 Å². The molecule has 1 amide bonds. The Labute approximate surface area is 216 Å². The quantitative estimate of drug-likeness (QED) is 0.351. The van der Waals surface area contributed by atoms with Crippen LogP contribution in [0.3, 0.4) is 0 Å². The Balaban J connectivity index is 1.41. The SMILES string of the molecule is Cc1cccc(CO[C@@H](CN2CCN(C(=O)c3c(Cl)cccc3Cl)CC2)c2ccc(Cl)cc2)c1. The van der Waals surface area contributed by atoms with Crippen molar-refractivity contribution < 1.29 is 9.53 Å². The Kier molecular flexibility index (Phi) is 8.51. The van der Waals surface area contributed by atoms with E-state index in [4.69, 9.17) is 39.5 Å². The summed E-state index contributed by atoms with van der Waals surface area (Å²) in [6.07, 6.45) is -0.113. The van der Waals surface area contributed by atoms with Crippen LogP contribution in [0.4, 0.5) is 0 Å². The molecule has 0 aromatic heterocycles. The molecule has 34 heavy (non-hydrogen) atoms. The number of hydrogen-bond donors (Lipinski definition) is 0. The fourth-order valence-corrected chi connectivity index (χ4v) is 4.84. The minimum Gasteiger partial charge on any atom is -0.368 e. The van der Waals surface area contributed by atoms with E-state index < -0.39 is 0 Å². The van der Waals surface area contributed by atoms with Gasteiger partial charge >= 0.3 is 0 Å². The summed E-state index contributed by atoms with van der Waals surface area (Å²) in [5.41, 5.74) is 3.81. The fourth-order valence-electron chi connectivity index (χ4n) is 4.16. The molecular weight excluding hydrogens is 491 g/mol. The van der Waals surface area contributed by atoms with Gasteiger partial charge in [-0.25, -0.2) is 0 Å². The van der Waals surface area contributed by atoms with E-state index in [0.29, 0.717) is 40.3 Å². The molecule has 0 saturated carbocycles. The van der Waals surface area contributed by atoms with Crippen molar-refractivity contribution in [2.45, 2.75) is 19.6 Å². The van der Waals surface area contributed by atoms with Crippen LogP contribution in [0.5, 0.6) is 0 Å². The second-order valence-electron chi connectivity index (χ2n) is 8.53. The number of piperazine rings is 1. The molecule has 1 aliphatic rings. The molecule has 1 fully saturated rings. The Morgan fingerprint density at radius 2 is 1.56 bits per heavy atom. The minimum atomic E-state index is -0.125. The molecule has 0 unspecified atom stereocenters. The van der Waals surface area contributed by atoms with Crippen LogP contribution in [0, 0.1) is 6.92 Å². The van der Waals surface area contributed by atoms with Crippen molar-refractivity contribution in [1.82, 2.24) is 9.80 Å². The second-order valence-corrected chi connectivity index (χ2v) is 9.78. The Bertz CT molecular complexity index is 1110. The van der Waals surface area contributed by atoms with Crippen LogP contribution in [0.1, 0.15) is 33.2 Å². The second kappa shape index (κ2) is 11.6. The maximum Gasteiger partial charge on any atom is 0.256 e.